The Kier molecular flexibility index (Phi) is 3.57. The van der Waals surface area contributed by atoms with Gasteiger partial charge in [0.25, 0.3) is 0 Å². The molecule has 0 spiro atoms. The Balaban J connectivity index is 1.86. The van der Waals surface area contributed by atoms with Crippen molar-refractivity contribution in [2.24, 2.45) is 0 Å². The van der Waals surface area contributed by atoms with Gasteiger partial charge in [0.2, 0.25) is 0 Å². The Morgan fingerprint density at radius 3 is 2.89 bits per heavy atom. The Labute approximate surface area is 114 Å². The molecule has 1 aromatic rings. The van der Waals surface area contributed by atoms with Crippen LogP contribution in [-0.2, 0) is 6.42 Å². The molecule has 2 aliphatic rings. The average Bonchev–Trinajstić information content (AvgIpc) is 3.13. The normalized spacial score (nSPS) is 22.9. The van der Waals surface area contributed by atoms with Crippen LogP contribution in [0.4, 0.5) is 5.13 Å². The molecular weight excluding hydrogens is 242 g/mol. The molecule has 1 N–H and O–H groups in total. The van der Waals surface area contributed by atoms with Crippen molar-refractivity contribution in [1.82, 2.24) is 10.3 Å². The molecule has 4 heteroatoms. The minimum atomic E-state index is 0.487. The summed E-state index contributed by atoms with van der Waals surface area (Å²) in [5.41, 5.74) is 1.34. The molecule has 0 aliphatic heterocycles. The topological polar surface area (TPSA) is 28.2 Å². The van der Waals surface area contributed by atoms with Gasteiger partial charge in [-0.25, -0.2) is 4.98 Å². The predicted octanol–water partition coefficient (Wildman–Crippen LogP) is 3.12. The van der Waals surface area contributed by atoms with Gasteiger partial charge in [0.15, 0.2) is 5.13 Å². The van der Waals surface area contributed by atoms with E-state index in [1.807, 2.05) is 11.3 Å². The summed E-state index contributed by atoms with van der Waals surface area (Å²) >= 11 is 1.95. The van der Waals surface area contributed by atoms with E-state index in [0.29, 0.717) is 6.04 Å². The van der Waals surface area contributed by atoms with Crippen LogP contribution in [0.15, 0.2) is 0 Å². The van der Waals surface area contributed by atoms with E-state index in [2.05, 4.69) is 24.2 Å². The first-order valence-corrected chi connectivity index (χ1v) is 8.08. The van der Waals surface area contributed by atoms with Crippen molar-refractivity contribution < 1.29 is 0 Å². The minimum Gasteiger partial charge on any atom is -0.345 e. The Morgan fingerprint density at radius 2 is 2.22 bits per heavy atom. The summed E-state index contributed by atoms with van der Waals surface area (Å²) in [6, 6.07) is 1.27. The van der Waals surface area contributed by atoms with Gasteiger partial charge >= 0.3 is 0 Å². The first-order valence-electron chi connectivity index (χ1n) is 7.27. The molecule has 0 radical (unpaired) electrons. The zero-order chi connectivity index (χ0) is 12.5. The van der Waals surface area contributed by atoms with Gasteiger partial charge < -0.3 is 10.2 Å². The summed E-state index contributed by atoms with van der Waals surface area (Å²) < 4.78 is 0. The number of aromatic nitrogens is 1. The number of hydrogen-bond acceptors (Lipinski definition) is 4. The average molecular weight is 265 g/mol. The van der Waals surface area contributed by atoms with Crippen molar-refractivity contribution in [3.8, 4) is 0 Å². The maximum absolute atomic E-state index is 4.97. The first kappa shape index (κ1) is 12.4. The molecule has 0 amide bonds. The van der Waals surface area contributed by atoms with E-state index in [4.69, 9.17) is 4.98 Å². The Hall–Kier alpha value is -0.610. The smallest absolute Gasteiger partial charge is 0.186 e. The molecule has 1 saturated carbocycles. The Bertz CT molecular complexity index is 411. The zero-order valence-electron chi connectivity index (χ0n) is 11.4. The molecule has 1 heterocycles. The van der Waals surface area contributed by atoms with E-state index in [1.54, 1.807) is 0 Å². The highest BCUT2D eigenvalue weighted by atomic mass is 32.1. The first-order chi connectivity index (χ1) is 8.83. The highest BCUT2D eigenvalue weighted by molar-refractivity contribution is 7.15. The lowest BCUT2D eigenvalue weighted by Gasteiger charge is -2.21. The second kappa shape index (κ2) is 5.17. The molecule has 3 nitrogen and oxygen atoms in total. The van der Waals surface area contributed by atoms with Crippen LogP contribution in [-0.4, -0.2) is 24.6 Å². The third-order valence-corrected chi connectivity index (χ3v) is 5.16. The predicted molar refractivity (Wildman–Crippen MR) is 77.5 cm³/mol. The van der Waals surface area contributed by atoms with Crippen LogP contribution in [0.1, 0.15) is 55.6 Å². The highest BCUT2D eigenvalue weighted by Crippen LogP contribution is 2.40. The third-order valence-electron chi connectivity index (χ3n) is 3.99. The molecule has 2 aliphatic carbocycles. The standard InChI is InChI=1S/C14H23N3S/c1-3-9-17(10-7-8-10)14-16-13-11(15-2)5-4-6-12(13)18-14/h10-11,15H,3-9H2,1-2H3. The number of nitrogens with one attached hydrogen (secondary N) is 1. The summed E-state index contributed by atoms with van der Waals surface area (Å²) in [6.07, 6.45) is 7.71. The largest absolute Gasteiger partial charge is 0.345 e. The van der Waals surface area contributed by atoms with Crippen LogP contribution in [0.5, 0.6) is 0 Å². The van der Waals surface area contributed by atoms with Crippen LogP contribution in [0.3, 0.4) is 0 Å². The van der Waals surface area contributed by atoms with E-state index < -0.39 is 0 Å². The maximum atomic E-state index is 4.97. The minimum absolute atomic E-state index is 0.487. The molecule has 1 unspecified atom stereocenters. The van der Waals surface area contributed by atoms with Crippen molar-refractivity contribution in [1.29, 1.82) is 0 Å². The van der Waals surface area contributed by atoms with Crippen molar-refractivity contribution in [2.45, 2.75) is 57.5 Å². The lowest BCUT2D eigenvalue weighted by Crippen LogP contribution is -2.26. The van der Waals surface area contributed by atoms with Gasteiger partial charge in [0, 0.05) is 17.5 Å². The van der Waals surface area contributed by atoms with Crippen molar-refractivity contribution in [3.05, 3.63) is 10.6 Å². The van der Waals surface area contributed by atoms with E-state index in [0.717, 1.165) is 6.04 Å². The number of rotatable bonds is 5. The third kappa shape index (κ3) is 2.28. The van der Waals surface area contributed by atoms with Gasteiger partial charge in [0.1, 0.15) is 0 Å². The highest BCUT2D eigenvalue weighted by Gasteiger charge is 2.32. The molecule has 0 saturated heterocycles. The van der Waals surface area contributed by atoms with Gasteiger partial charge in [0.05, 0.1) is 11.7 Å². The summed E-state index contributed by atoms with van der Waals surface area (Å²) in [5, 5.41) is 4.70. The second-order valence-corrected chi connectivity index (χ2v) is 6.52. The number of aryl methyl sites for hydroxylation is 1. The van der Waals surface area contributed by atoms with Crippen LogP contribution in [0.2, 0.25) is 0 Å². The zero-order valence-corrected chi connectivity index (χ0v) is 12.2. The van der Waals surface area contributed by atoms with E-state index in [-0.39, 0.29) is 0 Å². The summed E-state index contributed by atoms with van der Waals surface area (Å²) in [4.78, 5) is 9.04. The van der Waals surface area contributed by atoms with E-state index in [9.17, 15) is 0 Å². The molecule has 1 aromatic heterocycles. The molecule has 3 rings (SSSR count). The summed E-state index contributed by atoms with van der Waals surface area (Å²) in [7, 11) is 2.06. The van der Waals surface area contributed by atoms with Gasteiger partial charge in [-0.1, -0.05) is 6.92 Å². The lowest BCUT2D eigenvalue weighted by molar-refractivity contribution is 0.489. The molecule has 100 valence electrons. The monoisotopic (exact) mass is 265 g/mol. The molecule has 1 atom stereocenters. The summed E-state index contributed by atoms with van der Waals surface area (Å²) in [5.74, 6) is 0. The number of anilines is 1. The number of hydrogen-bond donors (Lipinski definition) is 1. The lowest BCUT2D eigenvalue weighted by atomic mass is 9.98. The number of nitrogens with zero attached hydrogens (tertiary/aromatic N) is 2. The quantitative estimate of drug-likeness (QED) is 0.886. The van der Waals surface area contributed by atoms with Gasteiger partial charge in [-0.05, 0) is 45.6 Å². The van der Waals surface area contributed by atoms with Gasteiger partial charge in [-0.2, -0.15) is 0 Å². The SMILES string of the molecule is CCCN(c1nc2c(s1)CCCC2NC)C1CC1. The van der Waals surface area contributed by atoms with E-state index in [1.165, 1.54) is 60.8 Å². The van der Waals surface area contributed by atoms with Gasteiger partial charge in [-0.15, -0.1) is 11.3 Å². The fraction of sp³-hybridized carbons (Fsp3) is 0.786. The molecule has 18 heavy (non-hydrogen) atoms. The molecule has 1 fully saturated rings. The molecule has 0 aromatic carbocycles. The van der Waals surface area contributed by atoms with Crippen LogP contribution in [0, 0.1) is 0 Å². The number of thiazole rings is 1. The van der Waals surface area contributed by atoms with E-state index >= 15 is 0 Å². The van der Waals surface area contributed by atoms with Gasteiger partial charge in [-0.3, -0.25) is 0 Å². The summed E-state index contributed by atoms with van der Waals surface area (Å²) in [6.45, 7) is 3.43. The maximum Gasteiger partial charge on any atom is 0.186 e. The second-order valence-electron chi connectivity index (χ2n) is 5.46. The molecule has 0 bridgehead atoms. The number of fused-ring (bicyclic) bond motifs is 1. The fourth-order valence-corrected chi connectivity index (χ4v) is 4.13. The van der Waals surface area contributed by atoms with Crippen LogP contribution in [0.25, 0.3) is 0 Å². The van der Waals surface area contributed by atoms with Crippen LogP contribution < -0.4 is 10.2 Å². The Morgan fingerprint density at radius 1 is 1.39 bits per heavy atom. The van der Waals surface area contributed by atoms with Crippen molar-refractivity contribution in [3.63, 3.8) is 0 Å². The van der Waals surface area contributed by atoms with Crippen molar-refractivity contribution >= 4 is 16.5 Å². The van der Waals surface area contributed by atoms with Crippen LogP contribution >= 0.6 is 11.3 Å². The fourth-order valence-electron chi connectivity index (χ4n) is 2.87. The molecular formula is C14H23N3S. The van der Waals surface area contributed by atoms with Crippen molar-refractivity contribution in [2.75, 3.05) is 18.5 Å².